The van der Waals surface area contributed by atoms with Crippen LogP contribution >= 0.6 is 22.9 Å². The van der Waals surface area contributed by atoms with E-state index < -0.39 is 0 Å². The number of hydrogen-bond acceptors (Lipinski definition) is 5. The van der Waals surface area contributed by atoms with Crippen LogP contribution in [0.25, 0.3) is 0 Å². The Bertz CT molecular complexity index is 1080. The van der Waals surface area contributed by atoms with Crippen molar-refractivity contribution in [1.82, 2.24) is 10.2 Å². The Morgan fingerprint density at radius 3 is 2.52 bits per heavy atom. The van der Waals surface area contributed by atoms with Gasteiger partial charge in [0.1, 0.15) is 5.75 Å². The fourth-order valence-corrected chi connectivity index (χ4v) is 4.40. The van der Waals surface area contributed by atoms with Crippen molar-refractivity contribution in [2.75, 3.05) is 32.1 Å². The first-order valence-electron chi connectivity index (χ1n) is 10.8. The zero-order valence-corrected chi connectivity index (χ0v) is 20.5. The van der Waals surface area contributed by atoms with Crippen LogP contribution in [0, 0.1) is 0 Å². The SMILES string of the molecule is CCN(CC)[C@@H](CNC(=O)c1ccc(Cl)c(NC(=O)c2cccs2)c1)c1cccc(OC)c1. The first-order valence-corrected chi connectivity index (χ1v) is 12.0. The van der Waals surface area contributed by atoms with Gasteiger partial charge in [-0.1, -0.05) is 43.6 Å². The molecule has 0 spiro atoms. The number of methoxy groups -OCH3 is 1. The molecule has 2 aromatic carbocycles. The van der Waals surface area contributed by atoms with Gasteiger partial charge in [-0.15, -0.1) is 11.3 Å². The van der Waals surface area contributed by atoms with Gasteiger partial charge in [0.15, 0.2) is 0 Å². The quantitative estimate of drug-likeness (QED) is 0.399. The van der Waals surface area contributed by atoms with Gasteiger partial charge in [0.05, 0.1) is 28.7 Å². The van der Waals surface area contributed by atoms with E-state index >= 15 is 0 Å². The summed E-state index contributed by atoms with van der Waals surface area (Å²) in [7, 11) is 1.64. The number of rotatable bonds is 10. The number of halogens is 1. The Kier molecular flexibility index (Phi) is 8.88. The lowest BCUT2D eigenvalue weighted by Crippen LogP contribution is -2.38. The zero-order chi connectivity index (χ0) is 23.8. The Hall–Kier alpha value is -2.87. The van der Waals surface area contributed by atoms with Gasteiger partial charge in [-0.05, 0) is 60.4 Å². The third-order valence-corrected chi connectivity index (χ3v) is 6.61. The van der Waals surface area contributed by atoms with Crippen molar-refractivity contribution < 1.29 is 14.3 Å². The van der Waals surface area contributed by atoms with Crippen LogP contribution in [-0.4, -0.2) is 43.5 Å². The van der Waals surface area contributed by atoms with Crippen LogP contribution in [0.3, 0.4) is 0 Å². The number of likely N-dealkylation sites (N-methyl/N-ethyl adjacent to an activating group) is 1. The maximum absolute atomic E-state index is 13.0. The molecule has 8 heteroatoms. The Labute approximate surface area is 203 Å². The van der Waals surface area contributed by atoms with E-state index in [4.69, 9.17) is 16.3 Å². The summed E-state index contributed by atoms with van der Waals surface area (Å²) < 4.78 is 5.38. The van der Waals surface area contributed by atoms with Gasteiger partial charge in [0.25, 0.3) is 11.8 Å². The molecule has 0 aliphatic carbocycles. The van der Waals surface area contributed by atoms with Gasteiger partial charge in [-0.25, -0.2) is 0 Å². The third-order valence-electron chi connectivity index (χ3n) is 5.41. The summed E-state index contributed by atoms with van der Waals surface area (Å²) in [4.78, 5) is 28.2. The van der Waals surface area contributed by atoms with Crippen molar-refractivity contribution in [1.29, 1.82) is 0 Å². The molecule has 2 amide bonds. The van der Waals surface area contributed by atoms with E-state index in [2.05, 4.69) is 29.4 Å². The second-order valence-electron chi connectivity index (χ2n) is 7.35. The first kappa shape index (κ1) is 24.8. The number of thiophene rings is 1. The highest BCUT2D eigenvalue weighted by Crippen LogP contribution is 2.26. The van der Waals surface area contributed by atoms with Gasteiger partial charge in [0, 0.05) is 12.1 Å². The topological polar surface area (TPSA) is 70.7 Å². The van der Waals surface area contributed by atoms with E-state index in [1.165, 1.54) is 11.3 Å². The summed E-state index contributed by atoms with van der Waals surface area (Å²) in [6, 6.07) is 16.3. The predicted molar refractivity (Wildman–Crippen MR) is 135 cm³/mol. The number of anilines is 1. The summed E-state index contributed by atoms with van der Waals surface area (Å²) >= 11 is 7.60. The second kappa shape index (κ2) is 11.8. The number of carbonyl (C=O) groups is 2. The predicted octanol–water partition coefficient (Wildman–Crippen LogP) is 5.48. The van der Waals surface area contributed by atoms with Crippen LogP contribution < -0.4 is 15.4 Å². The molecule has 6 nitrogen and oxygen atoms in total. The summed E-state index contributed by atoms with van der Waals surface area (Å²) in [5.41, 5.74) is 1.89. The minimum Gasteiger partial charge on any atom is -0.497 e. The van der Waals surface area contributed by atoms with Crippen LogP contribution in [0.5, 0.6) is 5.75 Å². The maximum Gasteiger partial charge on any atom is 0.265 e. The van der Waals surface area contributed by atoms with Gasteiger partial charge < -0.3 is 15.4 Å². The molecule has 0 bridgehead atoms. The molecule has 0 aliphatic rings. The summed E-state index contributed by atoms with van der Waals surface area (Å²) in [5, 5.41) is 8.02. The van der Waals surface area contributed by atoms with Crippen LogP contribution in [0.15, 0.2) is 60.0 Å². The van der Waals surface area contributed by atoms with Crippen molar-refractivity contribution in [3.63, 3.8) is 0 Å². The minimum absolute atomic E-state index is 0.00986. The second-order valence-corrected chi connectivity index (χ2v) is 8.70. The van der Waals surface area contributed by atoms with Crippen molar-refractivity contribution in [2.24, 2.45) is 0 Å². The molecule has 0 fully saturated rings. The molecule has 1 heterocycles. The van der Waals surface area contributed by atoms with Crippen molar-refractivity contribution in [3.05, 3.63) is 81.0 Å². The highest BCUT2D eigenvalue weighted by atomic mass is 35.5. The monoisotopic (exact) mass is 485 g/mol. The number of carbonyl (C=O) groups excluding carboxylic acids is 2. The van der Waals surface area contributed by atoms with E-state index in [1.807, 2.05) is 29.6 Å². The lowest BCUT2D eigenvalue weighted by Gasteiger charge is -2.30. The standard InChI is InChI=1S/C25H28ClN3O3S/c1-4-29(5-2)22(17-8-6-9-19(14-17)32-3)16-27-24(30)18-11-12-20(26)21(15-18)28-25(31)23-10-7-13-33-23/h6-15,22H,4-5,16H2,1-3H3,(H,27,30)(H,28,31)/t22-/m0/s1. The fourth-order valence-electron chi connectivity index (χ4n) is 3.62. The van der Waals surface area contributed by atoms with Gasteiger partial charge in [0.2, 0.25) is 0 Å². The normalized spacial score (nSPS) is 11.8. The molecular formula is C25H28ClN3O3S. The van der Waals surface area contributed by atoms with E-state index in [1.54, 1.807) is 37.4 Å². The molecule has 3 aromatic rings. The van der Waals surface area contributed by atoms with Crippen molar-refractivity contribution >= 4 is 40.4 Å². The van der Waals surface area contributed by atoms with Crippen molar-refractivity contribution in [2.45, 2.75) is 19.9 Å². The fraction of sp³-hybridized carbons (Fsp3) is 0.280. The van der Waals surface area contributed by atoms with Crippen LogP contribution in [-0.2, 0) is 0 Å². The zero-order valence-electron chi connectivity index (χ0n) is 18.9. The number of nitrogens with zero attached hydrogens (tertiary/aromatic N) is 1. The lowest BCUT2D eigenvalue weighted by molar-refractivity contribution is 0.0934. The number of nitrogens with one attached hydrogen (secondary N) is 2. The maximum atomic E-state index is 13.0. The van der Waals surface area contributed by atoms with Crippen LogP contribution in [0.1, 0.15) is 45.5 Å². The Morgan fingerprint density at radius 1 is 1.06 bits per heavy atom. The van der Waals surface area contributed by atoms with Gasteiger partial charge in [-0.3, -0.25) is 14.5 Å². The average Bonchev–Trinajstić information content (AvgIpc) is 3.38. The van der Waals surface area contributed by atoms with E-state index in [0.29, 0.717) is 27.7 Å². The molecule has 0 saturated carbocycles. The molecule has 2 N–H and O–H groups in total. The molecule has 1 aromatic heterocycles. The number of ether oxygens (including phenoxy) is 1. The van der Waals surface area contributed by atoms with Crippen LogP contribution in [0.4, 0.5) is 5.69 Å². The van der Waals surface area contributed by atoms with E-state index in [9.17, 15) is 9.59 Å². The van der Waals surface area contributed by atoms with Gasteiger partial charge >= 0.3 is 0 Å². The third kappa shape index (κ3) is 6.35. The summed E-state index contributed by atoms with van der Waals surface area (Å²) in [6.07, 6.45) is 0. The highest BCUT2D eigenvalue weighted by Gasteiger charge is 2.20. The molecule has 33 heavy (non-hydrogen) atoms. The Balaban J connectivity index is 1.75. The molecule has 0 aliphatic heterocycles. The highest BCUT2D eigenvalue weighted by molar-refractivity contribution is 7.12. The summed E-state index contributed by atoms with van der Waals surface area (Å²) in [5.74, 6) is 0.280. The molecule has 174 valence electrons. The minimum atomic E-state index is -0.260. The molecule has 0 saturated heterocycles. The van der Waals surface area contributed by atoms with Gasteiger partial charge in [-0.2, -0.15) is 0 Å². The van der Waals surface area contributed by atoms with Crippen molar-refractivity contribution in [3.8, 4) is 5.75 Å². The molecule has 0 radical (unpaired) electrons. The van der Waals surface area contributed by atoms with E-state index in [0.717, 1.165) is 24.4 Å². The molecule has 0 unspecified atom stereocenters. The number of benzene rings is 2. The Morgan fingerprint density at radius 2 is 1.85 bits per heavy atom. The first-order chi connectivity index (χ1) is 16.0. The largest absolute Gasteiger partial charge is 0.497 e. The number of hydrogen-bond donors (Lipinski definition) is 2. The lowest BCUT2D eigenvalue weighted by atomic mass is 10.0. The molecular weight excluding hydrogens is 458 g/mol. The molecule has 1 atom stereocenters. The smallest absolute Gasteiger partial charge is 0.265 e. The van der Waals surface area contributed by atoms with E-state index in [-0.39, 0.29) is 17.9 Å². The number of amides is 2. The average molecular weight is 486 g/mol. The van der Waals surface area contributed by atoms with Crippen LogP contribution in [0.2, 0.25) is 5.02 Å². The molecule has 3 rings (SSSR count). The summed E-state index contributed by atoms with van der Waals surface area (Å²) in [6.45, 7) is 6.30.